The summed E-state index contributed by atoms with van der Waals surface area (Å²) in [5.41, 5.74) is 1.75. The molecule has 6 heteroatoms. The zero-order valence-electron chi connectivity index (χ0n) is 12.8. The van der Waals surface area contributed by atoms with Crippen molar-refractivity contribution in [3.8, 4) is 6.01 Å². The van der Waals surface area contributed by atoms with Gasteiger partial charge in [0, 0.05) is 17.9 Å². The van der Waals surface area contributed by atoms with E-state index in [1.165, 1.54) is 6.26 Å². The number of ether oxygens (including phenoxy) is 1. The molecule has 6 nitrogen and oxygen atoms in total. The molecular weight excluding hydrogens is 282 g/mol. The minimum Gasteiger partial charge on any atom is -0.459 e. The van der Waals surface area contributed by atoms with Crippen molar-refractivity contribution in [1.82, 2.24) is 14.9 Å². The summed E-state index contributed by atoms with van der Waals surface area (Å²) in [6, 6.07) is 5.68. The van der Waals surface area contributed by atoms with Crippen molar-refractivity contribution < 1.29 is 13.9 Å². The van der Waals surface area contributed by atoms with Crippen LogP contribution in [0.3, 0.4) is 0 Å². The number of hydrogen-bond acceptors (Lipinski definition) is 5. The van der Waals surface area contributed by atoms with Gasteiger partial charge in [0.15, 0.2) is 5.76 Å². The number of amides is 1. The van der Waals surface area contributed by atoms with Gasteiger partial charge in [-0.2, -0.15) is 0 Å². The monoisotopic (exact) mass is 301 g/mol. The van der Waals surface area contributed by atoms with Gasteiger partial charge < -0.3 is 14.1 Å². The lowest BCUT2D eigenvalue weighted by Crippen LogP contribution is -2.44. The highest BCUT2D eigenvalue weighted by Gasteiger charge is 2.27. The van der Waals surface area contributed by atoms with Crippen LogP contribution < -0.4 is 4.74 Å². The van der Waals surface area contributed by atoms with Crippen LogP contribution in [0.2, 0.25) is 0 Å². The first kappa shape index (κ1) is 14.6. The summed E-state index contributed by atoms with van der Waals surface area (Å²) < 4.78 is 11.0. The quantitative estimate of drug-likeness (QED) is 0.870. The maximum absolute atomic E-state index is 12.3. The highest BCUT2D eigenvalue weighted by Crippen LogP contribution is 2.18. The molecule has 0 aromatic carbocycles. The van der Waals surface area contributed by atoms with E-state index in [1.54, 1.807) is 17.0 Å². The van der Waals surface area contributed by atoms with Crippen molar-refractivity contribution in [3.05, 3.63) is 41.6 Å². The van der Waals surface area contributed by atoms with Crippen LogP contribution in [0, 0.1) is 13.8 Å². The predicted molar refractivity (Wildman–Crippen MR) is 79.8 cm³/mol. The number of nitrogens with zero attached hydrogens (tertiary/aromatic N) is 3. The highest BCUT2D eigenvalue weighted by atomic mass is 16.5. The van der Waals surface area contributed by atoms with Gasteiger partial charge in [0.2, 0.25) is 0 Å². The summed E-state index contributed by atoms with van der Waals surface area (Å²) in [5.74, 6) is 0.267. The van der Waals surface area contributed by atoms with E-state index >= 15 is 0 Å². The van der Waals surface area contributed by atoms with Gasteiger partial charge in [-0.15, -0.1) is 0 Å². The SMILES string of the molecule is Cc1cc(C)nc(OC2CCCN(C(=O)c3ccco3)C2)n1. The van der Waals surface area contributed by atoms with Gasteiger partial charge in [0.1, 0.15) is 6.10 Å². The van der Waals surface area contributed by atoms with E-state index in [0.717, 1.165) is 24.2 Å². The lowest BCUT2D eigenvalue weighted by atomic mass is 10.1. The van der Waals surface area contributed by atoms with E-state index in [4.69, 9.17) is 9.15 Å². The molecule has 3 rings (SSSR count). The van der Waals surface area contributed by atoms with Crippen molar-refractivity contribution in [2.45, 2.75) is 32.8 Å². The standard InChI is InChI=1S/C16H19N3O3/c1-11-9-12(2)18-16(17-11)22-13-5-3-7-19(10-13)15(20)14-6-4-8-21-14/h4,6,8-9,13H,3,5,7,10H2,1-2H3. The largest absolute Gasteiger partial charge is 0.459 e. The highest BCUT2D eigenvalue weighted by molar-refractivity contribution is 5.91. The third-order valence-electron chi connectivity index (χ3n) is 3.63. The lowest BCUT2D eigenvalue weighted by molar-refractivity contribution is 0.0488. The first-order valence-corrected chi connectivity index (χ1v) is 7.43. The van der Waals surface area contributed by atoms with Crippen LogP contribution in [0.5, 0.6) is 6.01 Å². The zero-order valence-corrected chi connectivity index (χ0v) is 12.8. The van der Waals surface area contributed by atoms with Crippen LogP contribution in [-0.2, 0) is 0 Å². The molecule has 2 aromatic rings. The van der Waals surface area contributed by atoms with Crippen LogP contribution in [0.4, 0.5) is 0 Å². The molecule has 1 fully saturated rings. The number of carbonyl (C=O) groups excluding carboxylic acids is 1. The Labute approximate surface area is 129 Å². The Balaban J connectivity index is 1.66. The van der Waals surface area contributed by atoms with Crippen LogP contribution in [0.25, 0.3) is 0 Å². The Morgan fingerprint density at radius 3 is 2.82 bits per heavy atom. The summed E-state index contributed by atoms with van der Waals surface area (Å²) in [4.78, 5) is 22.7. The van der Waals surface area contributed by atoms with E-state index in [9.17, 15) is 4.79 Å². The molecule has 0 saturated carbocycles. The molecule has 0 radical (unpaired) electrons. The molecule has 0 bridgehead atoms. The molecule has 22 heavy (non-hydrogen) atoms. The summed E-state index contributed by atoms with van der Waals surface area (Å²) in [6.45, 7) is 5.06. The Morgan fingerprint density at radius 2 is 2.14 bits per heavy atom. The van der Waals surface area contributed by atoms with Gasteiger partial charge >= 0.3 is 6.01 Å². The molecule has 1 atom stereocenters. The van der Waals surface area contributed by atoms with Crippen LogP contribution in [-0.4, -0.2) is 40.0 Å². The Kier molecular flexibility index (Phi) is 4.09. The minimum absolute atomic E-state index is 0.0890. The molecule has 116 valence electrons. The van der Waals surface area contributed by atoms with Crippen LogP contribution in [0.15, 0.2) is 28.9 Å². The summed E-state index contributed by atoms with van der Waals surface area (Å²) in [5, 5.41) is 0. The maximum Gasteiger partial charge on any atom is 0.317 e. The van der Waals surface area contributed by atoms with E-state index in [1.807, 2.05) is 19.9 Å². The van der Waals surface area contributed by atoms with Crippen molar-refractivity contribution in [2.24, 2.45) is 0 Å². The molecule has 3 heterocycles. The normalized spacial score (nSPS) is 18.3. The number of furan rings is 1. The Hall–Kier alpha value is -2.37. The Morgan fingerprint density at radius 1 is 1.36 bits per heavy atom. The van der Waals surface area contributed by atoms with Gasteiger partial charge in [0.25, 0.3) is 5.91 Å². The Bertz CT molecular complexity index is 634. The molecule has 0 N–H and O–H groups in total. The molecule has 1 saturated heterocycles. The summed E-state index contributed by atoms with van der Waals surface area (Å²) in [7, 11) is 0. The fourth-order valence-corrected chi connectivity index (χ4v) is 2.67. The van der Waals surface area contributed by atoms with Crippen LogP contribution >= 0.6 is 0 Å². The summed E-state index contributed by atoms with van der Waals surface area (Å²) in [6.07, 6.45) is 3.20. The number of aryl methyl sites for hydroxylation is 2. The first-order valence-electron chi connectivity index (χ1n) is 7.43. The summed E-state index contributed by atoms with van der Waals surface area (Å²) >= 11 is 0. The average molecular weight is 301 g/mol. The second-order valence-corrected chi connectivity index (χ2v) is 5.54. The molecular formula is C16H19N3O3. The number of likely N-dealkylation sites (tertiary alicyclic amines) is 1. The topological polar surface area (TPSA) is 68.5 Å². The smallest absolute Gasteiger partial charge is 0.317 e. The van der Waals surface area contributed by atoms with E-state index < -0.39 is 0 Å². The fourth-order valence-electron chi connectivity index (χ4n) is 2.67. The van der Waals surface area contributed by atoms with Crippen molar-refractivity contribution in [3.63, 3.8) is 0 Å². The van der Waals surface area contributed by atoms with Gasteiger partial charge in [-0.05, 0) is 44.9 Å². The van der Waals surface area contributed by atoms with E-state index in [2.05, 4.69) is 9.97 Å². The molecule has 2 aromatic heterocycles. The predicted octanol–water partition coefficient (Wildman–Crippen LogP) is 2.37. The molecule has 1 aliphatic rings. The van der Waals surface area contributed by atoms with Gasteiger partial charge in [-0.1, -0.05) is 0 Å². The van der Waals surface area contributed by atoms with Crippen molar-refractivity contribution in [1.29, 1.82) is 0 Å². The molecule has 0 aliphatic carbocycles. The van der Waals surface area contributed by atoms with Gasteiger partial charge in [0.05, 0.1) is 12.8 Å². The van der Waals surface area contributed by atoms with Crippen LogP contribution in [0.1, 0.15) is 34.8 Å². The third kappa shape index (κ3) is 3.27. The number of aromatic nitrogens is 2. The first-order chi connectivity index (χ1) is 10.6. The average Bonchev–Trinajstić information content (AvgIpc) is 3.00. The molecule has 0 spiro atoms. The molecule has 1 unspecified atom stereocenters. The van der Waals surface area contributed by atoms with Crippen molar-refractivity contribution >= 4 is 5.91 Å². The second-order valence-electron chi connectivity index (χ2n) is 5.54. The number of piperidine rings is 1. The second kappa shape index (κ2) is 6.17. The number of rotatable bonds is 3. The van der Waals surface area contributed by atoms with E-state index in [0.29, 0.717) is 24.9 Å². The van der Waals surface area contributed by atoms with Gasteiger partial charge in [-0.3, -0.25) is 4.79 Å². The maximum atomic E-state index is 12.3. The van der Waals surface area contributed by atoms with Crippen molar-refractivity contribution in [2.75, 3.05) is 13.1 Å². The number of hydrogen-bond donors (Lipinski definition) is 0. The number of carbonyl (C=O) groups is 1. The van der Waals surface area contributed by atoms with Gasteiger partial charge in [-0.25, -0.2) is 9.97 Å². The molecule has 1 amide bonds. The molecule has 1 aliphatic heterocycles. The lowest BCUT2D eigenvalue weighted by Gasteiger charge is -2.31. The van der Waals surface area contributed by atoms with E-state index in [-0.39, 0.29) is 12.0 Å². The zero-order chi connectivity index (χ0) is 15.5. The minimum atomic E-state index is -0.0976. The third-order valence-corrected chi connectivity index (χ3v) is 3.63. The fraction of sp³-hybridized carbons (Fsp3) is 0.438.